The van der Waals surface area contributed by atoms with Crippen molar-refractivity contribution in [3.05, 3.63) is 40.4 Å². The number of carboxylic acids is 1. The van der Waals surface area contributed by atoms with Crippen molar-refractivity contribution in [1.82, 2.24) is 20.0 Å². The molecule has 0 atom stereocenters. The highest BCUT2D eigenvalue weighted by molar-refractivity contribution is 7.13. The molecule has 0 unspecified atom stereocenters. The Balaban J connectivity index is 1.90. The number of oxazole rings is 1. The summed E-state index contributed by atoms with van der Waals surface area (Å²) in [6.07, 6.45) is 0. The van der Waals surface area contributed by atoms with Crippen molar-refractivity contribution in [2.45, 2.75) is 20.4 Å². The van der Waals surface area contributed by atoms with E-state index in [4.69, 9.17) is 9.52 Å². The SMILES string of the molecule is Cc1oc(-c2cccs2)nc1Cn1nnc(C(=O)O)c1C. The Morgan fingerprint density at radius 2 is 2.29 bits per heavy atom. The largest absolute Gasteiger partial charge is 0.476 e. The van der Waals surface area contributed by atoms with Crippen LogP contribution in [0.15, 0.2) is 21.9 Å². The Morgan fingerprint density at radius 3 is 2.90 bits per heavy atom. The van der Waals surface area contributed by atoms with Gasteiger partial charge in [-0.15, -0.1) is 16.4 Å². The predicted molar refractivity (Wildman–Crippen MR) is 75.4 cm³/mol. The van der Waals surface area contributed by atoms with Gasteiger partial charge in [0.1, 0.15) is 11.5 Å². The quantitative estimate of drug-likeness (QED) is 0.795. The fraction of sp³-hybridized carbons (Fsp3) is 0.231. The summed E-state index contributed by atoms with van der Waals surface area (Å²) in [4.78, 5) is 16.4. The molecule has 0 amide bonds. The van der Waals surface area contributed by atoms with Crippen LogP contribution in [0.4, 0.5) is 0 Å². The molecule has 3 rings (SSSR count). The summed E-state index contributed by atoms with van der Waals surface area (Å²) in [6.45, 7) is 3.82. The first-order valence-electron chi connectivity index (χ1n) is 6.20. The van der Waals surface area contributed by atoms with Gasteiger partial charge in [0.05, 0.1) is 17.1 Å². The third-order valence-corrected chi connectivity index (χ3v) is 3.97. The molecule has 0 aliphatic heterocycles. The normalized spacial score (nSPS) is 11.0. The molecule has 3 aromatic rings. The zero-order chi connectivity index (χ0) is 15.0. The minimum atomic E-state index is -1.09. The molecule has 0 saturated heterocycles. The molecule has 108 valence electrons. The Kier molecular flexibility index (Phi) is 3.30. The lowest BCUT2D eigenvalue weighted by atomic mass is 10.3. The molecule has 1 N–H and O–H groups in total. The van der Waals surface area contributed by atoms with E-state index < -0.39 is 5.97 Å². The second kappa shape index (κ2) is 5.13. The number of carboxylic acid groups (broad SMARTS) is 1. The molecule has 3 aromatic heterocycles. The third-order valence-electron chi connectivity index (χ3n) is 3.11. The lowest BCUT2D eigenvalue weighted by Crippen LogP contribution is -2.07. The minimum absolute atomic E-state index is 0.0466. The summed E-state index contributed by atoms with van der Waals surface area (Å²) in [5.41, 5.74) is 1.15. The van der Waals surface area contributed by atoms with Crippen LogP contribution in [0.3, 0.4) is 0 Å². The molecule has 21 heavy (non-hydrogen) atoms. The summed E-state index contributed by atoms with van der Waals surface area (Å²) in [6, 6.07) is 3.86. The van der Waals surface area contributed by atoms with Gasteiger partial charge in [0.15, 0.2) is 5.69 Å². The number of carbonyl (C=O) groups is 1. The first-order valence-corrected chi connectivity index (χ1v) is 7.08. The minimum Gasteiger partial charge on any atom is -0.476 e. The van der Waals surface area contributed by atoms with E-state index in [2.05, 4.69) is 15.3 Å². The van der Waals surface area contributed by atoms with Gasteiger partial charge < -0.3 is 9.52 Å². The predicted octanol–water partition coefficient (Wildman–Crippen LogP) is 2.36. The van der Waals surface area contributed by atoms with Crippen LogP contribution in [-0.4, -0.2) is 31.1 Å². The summed E-state index contributed by atoms with van der Waals surface area (Å²) >= 11 is 1.55. The zero-order valence-corrected chi connectivity index (χ0v) is 12.2. The Hall–Kier alpha value is -2.48. The highest BCUT2D eigenvalue weighted by Crippen LogP contribution is 2.26. The lowest BCUT2D eigenvalue weighted by molar-refractivity contribution is 0.0689. The molecular weight excluding hydrogens is 292 g/mol. The first kappa shape index (κ1) is 13.5. The van der Waals surface area contributed by atoms with Crippen molar-refractivity contribution >= 4 is 17.3 Å². The number of nitrogens with zero attached hydrogens (tertiary/aromatic N) is 4. The second-order valence-electron chi connectivity index (χ2n) is 4.49. The van der Waals surface area contributed by atoms with Crippen LogP contribution in [0.1, 0.15) is 27.6 Å². The van der Waals surface area contributed by atoms with E-state index in [-0.39, 0.29) is 5.69 Å². The van der Waals surface area contributed by atoms with Crippen molar-refractivity contribution in [3.63, 3.8) is 0 Å². The third kappa shape index (κ3) is 2.45. The average molecular weight is 304 g/mol. The number of hydrogen-bond acceptors (Lipinski definition) is 6. The highest BCUT2D eigenvalue weighted by Gasteiger charge is 2.18. The van der Waals surface area contributed by atoms with Crippen LogP contribution in [0.25, 0.3) is 10.8 Å². The fourth-order valence-electron chi connectivity index (χ4n) is 1.93. The smallest absolute Gasteiger partial charge is 0.358 e. The van der Waals surface area contributed by atoms with Crippen LogP contribution >= 0.6 is 11.3 Å². The molecule has 0 aliphatic carbocycles. The van der Waals surface area contributed by atoms with Gasteiger partial charge in [-0.2, -0.15) is 0 Å². The first-order chi connectivity index (χ1) is 10.1. The van der Waals surface area contributed by atoms with Gasteiger partial charge in [0.2, 0.25) is 5.89 Å². The van der Waals surface area contributed by atoms with Crippen LogP contribution in [0.2, 0.25) is 0 Å². The van der Waals surface area contributed by atoms with Crippen molar-refractivity contribution in [3.8, 4) is 10.8 Å². The highest BCUT2D eigenvalue weighted by atomic mass is 32.1. The van der Waals surface area contributed by atoms with Crippen LogP contribution in [-0.2, 0) is 6.54 Å². The monoisotopic (exact) mass is 304 g/mol. The number of aromatic nitrogens is 4. The van der Waals surface area contributed by atoms with Gasteiger partial charge in [0.25, 0.3) is 0 Å². The second-order valence-corrected chi connectivity index (χ2v) is 5.43. The standard InChI is InChI=1S/C13H12N4O3S/c1-7-11(13(18)19)15-16-17(7)6-9-8(2)20-12(14-9)10-4-3-5-21-10/h3-5H,6H2,1-2H3,(H,18,19). The maximum Gasteiger partial charge on any atom is 0.358 e. The molecule has 0 aromatic carbocycles. The summed E-state index contributed by atoms with van der Waals surface area (Å²) in [5, 5.41) is 18.4. The van der Waals surface area contributed by atoms with Crippen molar-refractivity contribution in [2.75, 3.05) is 0 Å². The van der Waals surface area contributed by atoms with E-state index in [1.165, 1.54) is 4.68 Å². The molecule has 0 spiro atoms. The molecule has 0 aliphatic rings. The van der Waals surface area contributed by atoms with Crippen molar-refractivity contribution in [2.24, 2.45) is 0 Å². The van der Waals surface area contributed by atoms with Crippen LogP contribution in [0, 0.1) is 13.8 Å². The van der Waals surface area contributed by atoms with Crippen LogP contribution < -0.4 is 0 Å². The summed E-state index contributed by atoms with van der Waals surface area (Å²) in [5.74, 6) is 0.161. The fourth-order valence-corrected chi connectivity index (χ4v) is 2.58. The van der Waals surface area contributed by atoms with E-state index in [1.807, 2.05) is 24.4 Å². The molecule has 0 saturated carbocycles. The Labute approximate surface area is 123 Å². The Morgan fingerprint density at radius 1 is 1.48 bits per heavy atom. The van der Waals surface area contributed by atoms with Crippen molar-refractivity contribution < 1.29 is 14.3 Å². The van der Waals surface area contributed by atoms with Crippen LogP contribution in [0.5, 0.6) is 0 Å². The van der Waals surface area contributed by atoms with Gasteiger partial charge in [-0.1, -0.05) is 11.3 Å². The van der Waals surface area contributed by atoms with E-state index in [0.717, 1.165) is 4.88 Å². The van der Waals surface area contributed by atoms with E-state index in [1.54, 1.807) is 18.3 Å². The van der Waals surface area contributed by atoms with Crippen molar-refractivity contribution in [1.29, 1.82) is 0 Å². The van der Waals surface area contributed by atoms with Gasteiger partial charge in [-0.25, -0.2) is 14.5 Å². The summed E-state index contributed by atoms with van der Waals surface area (Å²) in [7, 11) is 0. The van der Waals surface area contributed by atoms with E-state index in [0.29, 0.717) is 29.6 Å². The number of thiophene rings is 1. The number of aromatic carboxylic acids is 1. The number of rotatable bonds is 4. The number of hydrogen-bond donors (Lipinski definition) is 1. The Bertz CT molecular complexity index is 789. The molecule has 7 nitrogen and oxygen atoms in total. The van der Waals surface area contributed by atoms with E-state index >= 15 is 0 Å². The zero-order valence-electron chi connectivity index (χ0n) is 11.4. The molecule has 8 heteroatoms. The molecule has 3 heterocycles. The average Bonchev–Trinajstić information content (AvgIpc) is 3.12. The maximum atomic E-state index is 11.0. The number of aryl methyl sites for hydroxylation is 1. The molecule has 0 radical (unpaired) electrons. The van der Waals surface area contributed by atoms with Gasteiger partial charge in [-0.05, 0) is 25.3 Å². The van der Waals surface area contributed by atoms with E-state index in [9.17, 15) is 4.79 Å². The van der Waals surface area contributed by atoms with Gasteiger partial charge in [-0.3, -0.25) is 0 Å². The summed E-state index contributed by atoms with van der Waals surface area (Å²) < 4.78 is 7.15. The maximum absolute atomic E-state index is 11.0. The molecular formula is C13H12N4O3S. The van der Waals surface area contributed by atoms with Gasteiger partial charge >= 0.3 is 5.97 Å². The topological polar surface area (TPSA) is 94.0 Å². The lowest BCUT2D eigenvalue weighted by Gasteiger charge is -2.00. The molecule has 0 bridgehead atoms. The van der Waals surface area contributed by atoms with Gasteiger partial charge in [0, 0.05) is 0 Å². The molecule has 0 fully saturated rings.